The number of carbonyl (C=O) groups excluding carboxylic acids is 1. The molecule has 154 valence electrons. The van der Waals surface area contributed by atoms with Gasteiger partial charge in [-0.15, -0.1) is 11.8 Å². The average molecular weight is 423 g/mol. The number of aliphatic hydroxyl groups excluding tert-OH is 1. The van der Waals surface area contributed by atoms with Gasteiger partial charge in [-0.05, 0) is 26.0 Å². The van der Waals surface area contributed by atoms with E-state index >= 15 is 0 Å². The fourth-order valence-corrected chi connectivity index (χ4v) is 5.49. The summed E-state index contributed by atoms with van der Waals surface area (Å²) < 4.78 is 5.31. The Labute approximate surface area is 174 Å². The maximum atomic E-state index is 12.0. The van der Waals surface area contributed by atoms with Crippen molar-refractivity contribution in [3.05, 3.63) is 0 Å². The van der Waals surface area contributed by atoms with Crippen molar-refractivity contribution in [1.29, 1.82) is 0 Å². The maximum Gasteiger partial charge on any atom is 0.322 e. The van der Waals surface area contributed by atoms with Gasteiger partial charge >= 0.3 is 5.97 Å². The van der Waals surface area contributed by atoms with Gasteiger partial charge in [0.15, 0.2) is 0 Å². The largest absolute Gasteiger partial charge is 0.465 e. The lowest BCUT2D eigenvalue weighted by molar-refractivity contribution is -0.145. The first-order chi connectivity index (χ1) is 12.4. The van der Waals surface area contributed by atoms with E-state index in [0.717, 1.165) is 9.28 Å². The molecule has 0 atom stereocenters. The zero-order chi connectivity index (χ0) is 19.7. The van der Waals surface area contributed by atoms with E-state index in [1.807, 2.05) is 13.8 Å². The van der Waals surface area contributed by atoms with Gasteiger partial charge in [0, 0.05) is 13.0 Å². The molecule has 0 heterocycles. The Morgan fingerprint density at radius 3 is 2.04 bits per heavy atom. The zero-order valence-corrected chi connectivity index (χ0v) is 19.3. The van der Waals surface area contributed by atoms with E-state index in [1.54, 1.807) is 11.8 Å². The average Bonchev–Trinajstić information content (AvgIpc) is 2.59. The van der Waals surface area contributed by atoms with E-state index in [9.17, 15) is 4.79 Å². The summed E-state index contributed by atoms with van der Waals surface area (Å²) in [5.41, 5.74) is 0. The molecule has 0 saturated carbocycles. The minimum absolute atomic E-state index is 0.0357. The number of carbonyl (C=O) groups is 1. The molecule has 0 bridgehead atoms. The molecule has 0 aliphatic rings. The van der Waals surface area contributed by atoms with Crippen LogP contribution < -0.4 is 0 Å². The van der Waals surface area contributed by atoms with Crippen LogP contribution in [0.15, 0.2) is 0 Å². The van der Waals surface area contributed by atoms with Gasteiger partial charge < -0.3 is 9.84 Å². The van der Waals surface area contributed by atoms with Crippen LogP contribution in [-0.4, -0.2) is 38.3 Å². The normalized spacial score (nSPS) is 11.5. The van der Waals surface area contributed by atoms with Crippen molar-refractivity contribution in [3.8, 4) is 0 Å². The first-order valence-electron chi connectivity index (χ1n) is 10.1. The lowest BCUT2D eigenvalue weighted by Crippen LogP contribution is -2.31. The van der Waals surface area contributed by atoms with Crippen LogP contribution in [0.5, 0.6) is 0 Å². The van der Waals surface area contributed by atoms with Crippen LogP contribution in [-0.2, 0) is 9.53 Å². The quantitative estimate of drug-likeness (QED) is 0.177. The molecule has 0 spiro atoms. The van der Waals surface area contributed by atoms with Crippen LogP contribution in [0.1, 0.15) is 91.4 Å². The molecule has 0 amide bonds. The van der Waals surface area contributed by atoms with Gasteiger partial charge in [0.1, 0.15) is 8.28 Å². The number of hydrogen-bond donors (Lipinski definition) is 1. The molecule has 0 saturated heterocycles. The fraction of sp³-hybridized carbons (Fsp3) is 0.900. The Kier molecular flexibility index (Phi) is 17.5. The third-order valence-corrected chi connectivity index (χ3v) is 6.86. The van der Waals surface area contributed by atoms with Crippen molar-refractivity contribution in [3.63, 3.8) is 0 Å². The zero-order valence-electron chi connectivity index (χ0n) is 16.9. The number of thiocarbonyl (C=S) groups is 1. The van der Waals surface area contributed by atoms with E-state index in [0.29, 0.717) is 6.42 Å². The second-order valence-electron chi connectivity index (χ2n) is 7.11. The summed E-state index contributed by atoms with van der Waals surface area (Å²) in [4.78, 5) is 12.0. The number of aliphatic hydroxyl groups is 1. The first-order valence-corrected chi connectivity index (χ1v) is 12.3. The van der Waals surface area contributed by atoms with Crippen molar-refractivity contribution < 1.29 is 14.6 Å². The molecule has 26 heavy (non-hydrogen) atoms. The van der Waals surface area contributed by atoms with Crippen molar-refractivity contribution in [1.82, 2.24) is 0 Å². The van der Waals surface area contributed by atoms with Crippen molar-refractivity contribution >= 4 is 45.2 Å². The van der Waals surface area contributed by atoms with E-state index in [2.05, 4.69) is 6.92 Å². The Morgan fingerprint density at radius 2 is 1.50 bits per heavy atom. The molecule has 3 nitrogen and oxygen atoms in total. The maximum absolute atomic E-state index is 12.0. The monoisotopic (exact) mass is 422 g/mol. The number of unbranched alkanes of at least 4 members (excludes halogenated alkanes) is 9. The van der Waals surface area contributed by atoms with E-state index in [1.165, 1.54) is 76.0 Å². The highest BCUT2D eigenvalue weighted by molar-refractivity contribution is 8.47. The smallest absolute Gasteiger partial charge is 0.322 e. The summed E-state index contributed by atoms with van der Waals surface area (Å²) in [5.74, 6) is 0.760. The Balaban J connectivity index is 3.62. The topological polar surface area (TPSA) is 46.5 Å². The summed E-state index contributed by atoms with van der Waals surface area (Å²) in [6.07, 6.45) is 13.8. The van der Waals surface area contributed by atoms with Crippen LogP contribution in [0.25, 0.3) is 0 Å². The molecular formula is C20H38O3S3. The Morgan fingerprint density at radius 1 is 0.962 bits per heavy atom. The molecule has 0 rings (SSSR count). The molecule has 0 unspecified atom stereocenters. The van der Waals surface area contributed by atoms with Gasteiger partial charge in [-0.1, -0.05) is 88.7 Å². The highest BCUT2D eigenvalue weighted by atomic mass is 32.2. The first kappa shape index (κ1) is 26.2. The molecule has 0 radical (unpaired) electrons. The minimum Gasteiger partial charge on any atom is -0.465 e. The molecule has 0 aliphatic carbocycles. The van der Waals surface area contributed by atoms with Crippen LogP contribution in [0, 0.1) is 0 Å². The summed E-state index contributed by atoms with van der Waals surface area (Å²) in [7, 11) is 0. The SMILES string of the molecule is CCCCCCCCCCCCSC(=S)SC(C)(C)C(=O)OCCCO. The molecule has 0 fully saturated rings. The molecule has 0 aromatic rings. The van der Waals surface area contributed by atoms with E-state index < -0.39 is 4.75 Å². The Bertz CT molecular complexity index is 373. The molecular weight excluding hydrogens is 384 g/mol. The van der Waals surface area contributed by atoms with Crippen molar-refractivity contribution in [2.45, 2.75) is 96.1 Å². The fourth-order valence-electron chi connectivity index (χ4n) is 2.43. The molecule has 0 aromatic heterocycles. The predicted molar refractivity (Wildman–Crippen MR) is 121 cm³/mol. The summed E-state index contributed by atoms with van der Waals surface area (Å²) >= 11 is 8.48. The number of esters is 1. The standard InChI is InChI=1S/C20H38O3S3/c1-4-5-6-7-8-9-10-11-12-13-17-25-19(24)26-20(2,3)18(22)23-16-14-15-21/h21H,4-17H2,1-3H3. The van der Waals surface area contributed by atoms with Gasteiger partial charge in [0.2, 0.25) is 0 Å². The Hall–Kier alpha value is 0.220. The molecule has 0 aliphatic heterocycles. The van der Waals surface area contributed by atoms with E-state index in [4.69, 9.17) is 22.1 Å². The van der Waals surface area contributed by atoms with Crippen molar-refractivity contribution in [2.24, 2.45) is 0 Å². The lowest BCUT2D eigenvalue weighted by Gasteiger charge is -2.21. The van der Waals surface area contributed by atoms with Crippen LogP contribution >= 0.6 is 35.7 Å². The van der Waals surface area contributed by atoms with Crippen molar-refractivity contribution in [2.75, 3.05) is 19.0 Å². The summed E-state index contributed by atoms with van der Waals surface area (Å²) in [6.45, 7) is 6.23. The lowest BCUT2D eigenvalue weighted by atomic mass is 10.1. The van der Waals surface area contributed by atoms with Gasteiger partial charge in [-0.3, -0.25) is 4.79 Å². The molecule has 0 aromatic carbocycles. The van der Waals surface area contributed by atoms with Crippen LogP contribution in [0.2, 0.25) is 0 Å². The number of rotatable bonds is 16. The summed E-state index contributed by atoms with van der Waals surface area (Å²) in [5, 5.41) is 8.74. The number of thioether (sulfide) groups is 2. The highest BCUT2D eigenvalue weighted by Gasteiger charge is 2.31. The van der Waals surface area contributed by atoms with E-state index in [-0.39, 0.29) is 19.2 Å². The minimum atomic E-state index is -0.669. The van der Waals surface area contributed by atoms with Crippen LogP contribution in [0.3, 0.4) is 0 Å². The second-order valence-corrected chi connectivity index (χ2v) is 11.0. The van der Waals surface area contributed by atoms with Gasteiger partial charge in [0.05, 0.1) is 6.61 Å². The molecule has 6 heteroatoms. The number of ether oxygens (including phenoxy) is 1. The summed E-state index contributed by atoms with van der Waals surface area (Å²) in [6, 6.07) is 0. The molecule has 1 N–H and O–H groups in total. The van der Waals surface area contributed by atoms with Gasteiger partial charge in [-0.25, -0.2) is 0 Å². The third-order valence-electron chi connectivity index (χ3n) is 4.08. The second kappa shape index (κ2) is 17.3. The van der Waals surface area contributed by atoms with Crippen LogP contribution in [0.4, 0.5) is 0 Å². The van der Waals surface area contributed by atoms with Gasteiger partial charge in [0.25, 0.3) is 0 Å². The van der Waals surface area contributed by atoms with Gasteiger partial charge in [-0.2, -0.15) is 0 Å². The highest BCUT2D eigenvalue weighted by Crippen LogP contribution is 2.32. The predicted octanol–water partition coefficient (Wildman–Crippen LogP) is 6.36. The third kappa shape index (κ3) is 15.3. The number of hydrogen-bond acceptors (Lipinski definition) is 6.